The van der Waals surface area contributed by atoms with Crippen LogP contribution in [0.2, 0.25) is 0 Å². The number of rotatable bonds is 7. The third kappa shape index (κ3) is 4.26. The molecule has 0 saturated carbocycles. The summed E-state index contributed by atoms with van der Waals surface area (Å²) < 4.78 is 7.09. The van der Waals surface area contributed by atoms with Gasteiger partial charge in [0.1, 0.15) is 0 Å². The number of benzene rings is 3. The van der Waals surface area contributed by atoms with Crippen molar-refractivity contribution < 1.29 is 4.74 Å². The minimum atomic E-state index is -0.684. The van der Waals surface area contributed by atoms with Crippen LogP contribution in [-0.2, 0) is 10.3 Å². The standard InChI is InChI=1S/C29H30O/c1-2-28(23-24-15-7-3-8-16-24)30-29(25-17-9-4-10-18-25,26-19-11-5-12-20-26)27-21-13-6-14-22-27/h2-7,9-14,17-22,24H,8,15-16,23H2,1H3. The predicted octanol–water partition coefficient (Wildman–Crippen LogP) is 7.65. The zero-order chi connectivity index (χ0) is 20.7. The molecular weight excluding hydrogens is 364 g/mol. The molecule has 0 saturated heterocycles. The molecule has 4 rings (SSSR count). The van der Waals surface area contributed by atoms with Crippen molar-refractivity contribution in [3.05, 3.63) is 132 Å². The Bertz CT molecular complexity index is 874. The van der Waals surface area contributed by atoms with Crippen LogP contribution in [0.15, 0.2) is 115 Å². The summed E-state index contributed by atoms with van der Waals surface area (Å²) in [5.41, 5.74) is 2.75. The zero-order valence-corrected chi connectivity index (χ0v) is 17.7. The average molecular weight is 395 g/mol. The van der Waals surface area contributed by atoms with E-state index in [1.807, 2.05) is 0 Å². The third-order valence-electron chi connectivity index (χ3n) is 6.01. The van der Waals surface area contributed by atoms with Crippen molar-refractivity contribution in [1.29, 1.82) is 0 Å². The highest BCUT2D eigenvalue weighted by Crippen LogP contribution is 2.43. The van der Waals surface area contributed by atoms with Crippen molar-refractivity contribution in [1.82, 2.24) is 0 Å². The van der Waals surface area contributed by atoms with E-state index >= 15 is 0 Å². The Morgan fingerprint density at radius 2 is 1.30 bits per heavy atom. The van der Waals surface area contributed by atoms with Gasteiger partial charge >= 0.3 is 0 Å². The van der Waals surface area contributed by atoms with E-state index < -0.39 is 5.60 Å². The lowest BCUT2D eigenvalue weighted by atomic mass is 9.79. The van der Waals surface area contributed by atoms with Gasteiger partial charge in [-0.25, -0.2) is 0 Å². The molecule has 0 heterocycles. The quantitative estimate of drug-likeness (QED) is 0.227. The van der Waals surface area contributed by atoms with Crippen LogP contribution in [0.4, 0.5) is 0 Å². The second-order valence-corrected chi connectivity index (χ2v) is 7.99. The van der Waals surface area contributed by atoms with Crippen molar-refractivity contribution in [2.75, 3.05) is 0 Å². The van der Waals surface area contributed by atoms with Gasteiger partial charge in [-0.1, -0.05) is 103 Å². The first-order chi connectivity index (χ1) is 14.8. The molecule has 0 N–H and O–H groups in total. The SMILES string of the molecule is CC=C(CC1CC=CCC1)OC(c1ccccc1)(c1ccccc1)c1ccccc1. The lowest BCUT2D eigenvalue weighted by Crippen LogP contribution is -2.33. The summed E-state index contributed by atoms with van der Waals surface area (Å²) in [6.07, 6.45) is 11.3. The van der Waals surface area contributed by atoms with Crippen LogP contribution >= 0.6 is 0 Å². The summed E-state index contributed by atoms with van der Waals surface area (Å²) in [6, 6.07) is 31.8. The highest BCUT2D eigenvalue weighted by atomic mass is 16.5. The monoisotopic (exact) mass is 394 g/mol. The molecule has 1 aliphatic carbocycles. The van der Waals surface area contributed by atoms with E-state index in [1.54, 1.807) is 0 Å². The molecule has 1 heteroatoms. The molecule has 1 nitrogen and oxygen atoms in total. The van der Waals surface area contributed by atoms with Crippen LogP contribution < -0.4 is 0 Å². The second-order valence-electron chi connectivity index (χ2n) is 7.99. The molecule has 0 aromatic heterocycles. The van der Waals surface area contributed by atoms with Gasteiger partial charge in [0.25, 0.3) is 0 Å². The molecule has 1 atom stereocenters. The normalized spacial score (nSPS) is 17.0. The molecule has 0 aliphatic heterocycles. The topological polar surface area (TPSA) is 9.23 Å². The van der Waals surface area contributed by atoms with Crippen LogP contribution in [0.3, 0.4) is 0 Å². The van der Waals surface area contributed by atoms with Crippen molar-refractivity contribution in [2.45, 2.75) is 38.2 Å². The van der Waals surface area contributed by atoms with Crippen molar-refractivity contribution in [2.24, 2.45) is 5.92 Å². The number of allylic oxidation sites excluding steroid dienone is 4. The van der Waals surface area contributed by atoms with E-state index in [9.17, 15) is 0 Å². The number of hydrogen-bond donors (Lipinski definition) is 0. The van der Waals surface area contributed by atoms with Crippen LogP contribution in [0, 0.1) is 5.92 Å². The first kappa shape index (κ1) is 20.2. The molecule has 1 unspecified atom stereocenters. The van der Waals surface area contributed by atoms with E-state index in [4.69, 9.17) is 4.74 Å². The molecule has 0 bridgehead atoms. The maximum absolute atomic E-state index is 7.09. The Morgan fingerprint density at radius 3 is 1.70 bits per heavy atom. The fourth-order valence-corrected chi connectivity index (χ4v) is 4.44. The van der Waals surface area contributed by atoms with Crippen molar-refractivity contribution in [3.63, 3.8) is 0 Å². The Labute approximate surface area is 180 Å². The maximum atomic E-state index is 7.09. The van der Waals surface area contributed by atoms with E-state index in [-0.39, 0.29) is 0 Å². The number of hydrogen-bond acceptors (Lipinski definition) is 1. The van der Waals surface area contributed by atoms with E-state index in [1.165, 1.54) is 12.8 Å². The Kier molecular flexibility index (Phi) is 6.49. The summed E-state index contributed by atoms with van der Waals surface area (Å²) in [6.45, 7) is 2.10. The van der Waals surface area contributed by atoms with Crippen molar-refractivity contribution >= 4 is 0 Å². The summed E-state index contributed by atoms with van der Waals surface area (Å²) in [5, 5.41) is 0. The van der Waals surface area contributed by atoms with Gasteiger partial charge in [0.15, 0.2) is 5.60 Å². The zero-order valence-electron chi connectivity index (χ0n) is 17.7. The van der Waals surface area contributed by atoms with Crippen molar-refractivity contribution in [3.8, 4) is 0 Å². The van der Waals surface area contributed by atoms with Gasteiger partial charge in [-0.15, -0.1) is 0 Å². The number of ether oxygens (including phenoxy) is 1. The predicted molar refractivity (Wildman–Crippen MR) is 125 cm³/mol. The lowest BCUT2D eigenvalue weighted by molar-refractivity contribution is 0.0599. The average Bonchev–Trinajstić information content (AvgIpc) is 2.84. The lowest BCUT2D eigenvalue weighted by Gasteiger charge is -2.38. The molecule has 3 aromatic rings. The van der Waals surface area contributed by atoms with Crippen LogP contribution in [-0.4, -0.2) is 0 Å². The summed E-state index contributed by atoms with van der Waals surface area (Å²) >= 11 is 0. The van der Waals surface area contributed by atoms with Crippen LogP contribution in [0.1, 0.15) is 49.3 Å². The second kappa shape index (κ2) is 9.63. The van der Waals surface area contributed by atoms with Gasteiger partial charge in [0.05, 0.1) is 5.76 Å². The first-order valence-electron chi connectivity index (χ1n) is 11.0. The largest absolute Gasteiger partial charge is 0.478 e. The summed E-state index contributed by atoms with van der Waals surface area (Å²) in [5.74, 6) is 1.70. The van der Waals surface area contributed by atoms with Gasteiger partial charge in [-0.3, -0.25) is 0 Å². The Balaban J connectivity index is 1.83. The molecule has 152 valence electrons. The van der Waals surface area contributed by atoms with Gasteiger partial charge in [0, 0.05) is 23.1 Å². The molecule has 1 aliphatic rings. The third-order valence-corrected chi connectivity index (χ3v) is 6.01. The van der Waals surface area contributed by atoms with Gasteiger partial charge in [-0.2, -0.15) is 0 Å². The Morgan fingerprint density at radius 1 is 0.800 bits per heavy atom. The molecule has 0 radical (unpaired) electrons. The minimum absolute atomic E-state index is 0.640. The molecule has 30 heavy (non-hydrogen) atoms. The maximum Gasteiger partial charge on any atom is 0.184 e. The fourth-order valence-electron chi connectivity index (χ4n) is 4.44. The van der Waals surface area contributed by atoms with E-state index in [0.717, 1.165) is 35.3 Å². The molecular formula is C29H30O. The highest BCUT2D eigenvalue weighted by molar-refractivity contribution is 5.48. The fraction of sp³-hybridized carbons (Fsp3) is 0.241. The van der Waals surface area contributed by atoms with Gasteiger partial charge in [-0.05, 0) is 38.2 Å². The van der Waals surface area contributed by atoms with E-state index in [0.29, 0.717) is 5.92 Å². The molecule has 3 aromatic carbocycles. The molecule has 0 fully saturated rings. The van der Waals surface area contributed by atoms with Crippen LogP contribution in [0.5, 0.6) is 0 Å². The first-order valence-corrected chi connectivity index (χ1v) is 11.0. The molecule has 0 spiro atoms. The van der Waals surface area contributed by atoms with E-state index in [2.05, 4.69) is 116 Å². The molecule has 0 amide bonds. The summed E-state index contributed by atoms with van der Waals surface area (Å²) in [4.78, 5) is 0. The Hall–Kier alpha value is -3.06. The smallest absolute Gasteiger partial charge is 0.184 e. The van der Waals surface area contributed by atoms with Gasteiger partial charge in [0.2, 0.25) is 0 Å². The minimum Gasteiger partial charge on any atom is -0.478 e. The summed E-state index contributed by atoms with van der Waals surface area (Å²) in [7, 11) is 0. The highest BCUT2D eigenvalue weighted by Gasteiger charge is 2.39. The van der Waals surface area contributed by atoms with Crippen LogP contribution in [0.25, 0.3) is 0 Å². The van der Waals surface area contributed by atoms with Gasteiger partial charge < -0.3 is 4.74 Å².